The molecule has 5 nitrogen and oxygen atoms in total. The van der Waals surface area contributed by atoms with Crippen molar-refractivity contribution in [3.63, 3.8) is 0 Å². The van der Waals surface area contributed by atoms with Crippen LogP contribution in [0, 0.1) is 0 Å². The zero-order chi connectivity index (χ0) is 18.2. The van der Waals surface area contributed by atoms with Crippen molar-refractivity contribution in [3.05, 3.63) is 65.4 Å². The minimum Gasteiger partial charge on any atom is -0.461 e. The van der Waals surface area contributed by atoms with E-state index in [0.29, 0.717) is 0 Å². The lowest BCUT2D eigenvalue weighted by atomic mass is 10.1. The van der Waals surface area contributed by atoms with Crippen molar-refractivity contribution in [2.24, 2.45) is 0 Å². The summed E-state index contributed by atoms with van der Waals surface area (Å²) in [4.78, 5) is 14.8. The van der Waals surface area contributed by atoms with Crippen LogP contribution in [0.5, 0.6) is 0 Å². The van der Waals surface area contributed by atoms with Crippen molar-refractivity contribution in [2.45, 2.75) is 38.4 Å². The van der Waals surface area contributed by atoms with Crippen LogP contribution >= 0.6 is 0 Å². The van der Waals surface area contributed by atoms with E-state index in [1.807, 2.05) is 29.2 Å². The summed E-state index contributed by atoms with van der Waals surface area (Å²) in [5.74, 6) is 0.949. The Labute approximate surface area is 158 Å². The van der Waals surface area contributed by atoms with E-state index < -0.39 is 0 Å². The van der Waals surface area contributed by atoms with Crippen LogP contribution in [-0.4, -0.2) is 23.5 Å². The minimum atomic E-state index is -0.0143. The van der Waals surface area contributed by atoms with E-state index in [9.17, 15) is 4.79 Å². The molecular formula is C22H23N3O2. The van der Waals surface area contributed by atoms with Crippen molar-refractivity contribution in [3.8, 4) is 0 Å². The number of carbonyl (C=O) groups is 1. The first-order chi connectivity index (χ1) is 13.3. The van der Waals surface area contributed by atoms with Gasteiger partial charge in [-0.1, -0.05) is 24.3 Å². The van der Waals surface area contributed by atoms with Gasteiger partial charge in [0.15, 0.2) is 0 Å². The Hall–Kier alpha value is -2.79. The molecule has 27 heavy (non-hydrogen) atoms. The average molecular weight is 361 g/mol. The standard InChI is InChI=1S/C22H23N3O2/c26-22(24-18-8-7-16-13-23-14-17(16)10-18)25-9-3-5-19(25)12-20-11-15-4-1-2-6-21(15)27-20/h1-2,4,6-8,10-11,19,23H,3,5,9,12-14H2,(H,24,26)/t19-/m0/s1. The normalized spacial score (nSPS) is 18.8. The number of furan rings is 1. The molecule has 0 aliphatic carbocycles. The average Bonchev–Trinajstić information content (AvgIpc) is 3.40. The first-order valence-corrected chi connectivity index (χ1v) is 9.64. The van der Waals surface area contributed by atoms with Gasteiger partial charge in [-0.05, 0) is 48.2 Å². The van der Waals surface area contributed by atoms with Crippen molar-refractivity contribution in [1.82, 2.24) is 10.2 Å². The van der Waals surface area contributed by atoms with E-state index in [1.54, 1.807) is 0 Å². The monoisotopic (exact) mass is 361 g/mol. The maximum atomic E-state index is 12.9. The minimum absolute atomic E-state index is 0.0143. The van der Waals surface area contributed by atoms with Crippen LogP contribution in [0.2, 0.25) is 0 Å². The molecular weight excluding hydrogens is 338 g/mol. The fourth-order valence-corrected chi connectivity index (χ4v) is 4.25. The third kappa shape index (κ3) is 3.19. The number of para-hydroxylation sites is 1. The molecule has 138 valence electrons. The fourth-order valence-electron chi connectivity index (χ4n) is 4.25. The SMILES string of the molecule is O=C(Nc1ccc2c(c1)CNC2)N1CCC[C@H]1Cc1cc2ccccc2o1. The van der Waals surface area contributed by atoms with E-state index >= 15 is 0 Å². The number of hydrogen-bond acceptors (Lipinski definition) is 3. The number of fused-ring (bicyclic) bond motifs is 2. The molecule has 2 N–H and O–H groups in total. The maximum absolute atomic E-state index is 12.9. The molecule has 3 heterocycles. The Bertz CT molecular complexity index is 961. The summed E-state index contributed by atoms with van der Waals surface area (Å²) >= 11 is 0. The Morgan fingerprint density at radius 1 is 1.15 bits per heavy atom. The number of likely N-dealkylation sites (tertiary alicyclic amines) is 1. The highest BCUT2D eigenvalue weighted by Crippen LogP contribution is 2.26. The van der Waals surface area contributed by atoms with E-state index in [4.69, 9.17) is 4.42 Å². The van der Waals surface area contributed by atoms with Gasteiger partial charge in [0.25, 0.3) is 0 Å². The van der Waals surface area contributed by atoms with Crippen LogP contribution < -0.4 is 10.6 Å². The van der Waals surface area contributed by atoms with Crippen LogP contribution in [0.4, 0.5) is 10.5 Å². The Balaban J connectivity index is 1.29. The zero-order valence-corrected chi connectivity index (χ0v) is 15.2. The third-order valence-corrected chi connectivity index (χ3v) is 5.64. The van der Waals surface area contributed by atoms with Crippen molar-refractivity contribution >= 4 is 22.7 Å². The number of carbonyl (C=O) groups excluding carboxylic acids is 1. The molecule has 1 aromatic heterocycles. The second-order valence-electron chi connectivity index (χ2n) is 7.46. The molecule has 0 bridgehead atoms. The Morgan fingerprint density at radius 2 is 2.04 bits per heavy atom. The summed E-state index contributed by atoms with van der Waals surface area (Å²) < 4.78 is 5.96. The lowest BCUT2D eigenvalue weighted by molar-refractivity contribution is 0.204. The van der Waals surface area contributed by atoms with Crippen LogP contribution in [0.3, 0.4) is 0 Å². The van der Waals surface area contributed by atoms with Gasteiger partial charge in [-0.2, -0.15) is 0 Å². The van der Waals surface area contributed by atoms with Gasteiger partial charge in [-0.3, -0.25) is 0 Å². The van der Waals surface area contributed by atoms with Crippen LogP contribution in [0.1, 0.15) is 29.7 Å². The quantitative estimate of drug-likeness (QED) is 0.732. The molecule has 0 spiro atoms. The molecule has 3 aromatic rings. The molecule has 0 saturated carbocycles. The summed E-state index contributed by atoms with van der Waals surface area (Å²) in [5.41, 5.74) is 4.37. The highest BCUT2D eigenvalue weighted by molar-refractivity contribution is 5.90. The molecule has 5 rings (SSSR count). The number of benzene rings is 2. The molecule has 1 saturated heterocycles. The highest BCUT2D eigenvalue weighted by Gasteiger charge is 2.30. The predicted octanol–water partition coefficient (Wildman–Crippen LogP) is 4.28. The second kappa shape index (κ2) is 6.74. The summed E-state index contributed by atoms with van der Waals surface area (Å²) in [7, 11) is 0. The fraction of sp³-hybridized carbons (Fsp3) is 0.318. The molecule has 2 aliphatic rings. The van der Waals surface area contributed by atoms with E-state index in [1.165, 1.54) is 11.1 Å². The van der Waals surface area contributed by atoms with Gasteiger partial charge in [0, 0.05) is 43.2 Å². The first kappa shape index (κ1) is 16.4. The molecule has 1 fully saturated rings. The van der Waals surface area contributed by atoms with Gasteiger partial charge in [-0.15, -0.1) is 0 Å². The van der Waals surface area contributed by atoms with Gasteiger partial charge >= 0.3 is 6.03 Å². The number of nitrogens with zero attached hydrogens (tertiary/aromatic N) is 1. The molecule has 5 heteroatoms. The van der Waals surface area contributed by atoms with Gasteiger partial charge in [-0.25, -0.2) is 4.79 Å². The number of amides is 2. The van der Waals surface area contributed by atoms with Crippen LogP contribution in [0.25, 0.3) is 11.0 Å². The summed E-state index contributed by atoms with van der Waals surface area (Å²) in [5, 5.41) is 7.54. The molecule has 2 aromatic carbocycles. The van der Waals surface area contributed by atoms with Gasteiger partial charge in [0.2, 0.25) is 0 Å². The molecule has 2 amide bonds. The molecule has 0 radical (unpaired) electrons. The number of anilines is 1. The number of nitrogens with one attached hydrogen (secondary N) is 2. The third-order valence-electron chi connectivity index (χ3n) is 5.64. The summed E-state index contributed by atoms with van der Waals surface area (Å²) in [6.45, 7) is 2.58. The van der Waals surface area contributed by atoms with Gasteiger partial charge in [0.05, 0.1) is 0 Å². The van der Waals surface area contributed by atoms with E-state index in [0.717, 1.165) is 61.3 Å². The number of urea groups is 1. The van der Waals surface area contributed by atoms with Gasteiger partial charge < -0.3 is 20.0 Å². The lowest BCUT2D eigenvalue weighted by Gasteiger charge is -2.24. The van der Waals surface area contributed by atoms with E-state index in [2.05, 4.69) is 34.9 Å². The summed E-state index contributed by atoms with van der Waals surface area (Å²) in [6, 6.07) is 16.5. The highest BCUT2D eigenvalue weighted by atomic mass is 16.3. The number of rotatable bonds is 3. The Kier molecular flexibility index (Phi) is 4.09. The zero-order valence-electron chi connectivity index (χ0n) is 15.2. The molecule has 2 aliphatic heterocycles. The largest absolute Gasteiger partial charge is 0.461 e. The second-order valence-corrected chi connectivity index (χ2v) is 7.46. The Morgan fingerprint density at radius 3 is 2.96 bits per heavy atom. The first-order valence-electron chi connectivity index (χ1n) is 9.64. The van der Waals surface area contributed by atoms with Crippen molar-refractivity contribution in [2.75, 3.05) is 11.9 Å². The smallest absolute Gasteiger partial charge is 0.322 e. The van der Waals surface area contributed by atoms with Crippen LogP contribution in [0.15, 0.2) is 52.9 Å². The van der Waals surface area contributed by atoms with E-state index in [-0.39, 0.29) is 12.1 Å². The number of hydrogen-bond donors (Lipinski definition) is 2. The van der Waals surface area contributed by atoms with Crippen molar-refractivity contribution < 1.29 is 9.21 Å². The molecule has 0 unspecified atom stereocenters. The molecule has 1 atom stereocenters. The van der Waals surface area contributed by atoms with Crippen LogP contribution in [-0.2, 0) is 19.5 Å². The van der Waals surface area contributed by atoms with Crippen molar-refractivity contribution in [1.29, 1.82) is 0 Å². The topological polar surface area (TPSA) is 57.5 Å². The lowest BCUT2D eigenvalue weighted by Crippen LogP contribution is -2.39. The predicted molar refractivity (Wildman–Crippen MR) is 106 cm³/mol. The van der Waals surface area contributed by atoms with Gasteiger partial charge in [0.1, 0.15) is 11.3 Å². The summed E-state index contributed by atoms with van der Waals surface area (Å²) in [6.07, 6.45) is 2.81. The maximum Gasteiger partial charge on any atom is 0.322 e.